The third kappa shape index (κ3) is 4.40. The average molecular weight is 398 g/mol. The molecule has 0 N–H and O–H groups in total. The van der Waals surface area contributed by atoms with E-state index in [1.54, 1.807) is 6.07 Å². The zero-order valence-electron chi connectivity index (χ0n) is 13.7. The molecule has 3 rings (SSSR count). The number of oxime groups is 1. The predicted octanol–water partition coefficient (Wildman–Crippen LogP) is 4.06. The summed E-state index contributed by atoms with van der Waals surface area (Å²) in [6, 6.07) is 4.46. The summed E-state index contributed by atoms with van der Waals surface area (Å²) in [5.41, 5.74) is 0.127. The minimum absolute atomic E-state index is 0.0247. The van der Waals surface area contributed by atoms with Crippen LogP contribution in [0.3, 0.4) is 0 Å². The Morgan fingerprint density at radius 1 is 1.19 bits per heavy atom. The molecule has 140 valence electrons. The second-order valence-corrected chi connectivity index (χ2v) is 5.54. The molecule has 0 bridgehead atoms. The maximum atomic E-state index is 13.1. The SMILES string of the molecule is CON=CCc1nc(C(F)(F)F)nc2cccc(Oc3ncc(Cl)cn3)c12. The quantitative estimate of drug-likeness (QED) is 0.477. The molecule has 7 nitrogen and oxygen atoms in total. The Hall–Kier alpha value is -3.01. The van der Waals surface area contributed by atoms with Crippen LogP contribution in [0.15, 0.2) is 35.7 Å². The molecule has 0 amide bonds. The maximum Gasteiger partial charge on any atom is 0.451 e. The highest BCUT2D eigenvalue weighted by molar-refractivity contribution is 6.30. The molecule has 1 aromatic carbocycles. The van der Waals surface area contributed by atoms with Gasteiger partial charge in [0.05, 0.1) is 34.0 Å². The van der Waals surface area contributed by atoms with Crippen molar-refractivity contribution in [1.82, 2.24) is 19.9 Å². The molecule has 0 atom stereocenters. The Labute approximate surface area is 155 Å². The number of alkyl halides is 3. The number of nitrogens with zero attached hydrogens (tertiary/aromatic N) is 5. The molecule has 0 aliphatic heterocycles. The van der Waals surface area contributed by atoms with Gasteiger partial charge in [-0.1, -0.05) is 22.8 Å². The standard InChI is InChI=1S/C16H11ClF3N5O2/c1-26-23-6-5-11-13-10(24-14(25-11)16(18,19)20)3-2-4-12(13)27-15-21-7-9(17)8-22-15/h2-4,6-8H,5H2,1H3. The summed E-state index contributed by atoms with van der Waals surface area (Å²) in [6.07, 6.45) is -0.772. The first-order chi connectivity index (χ1) is 12.9. The van der Waals surface area contributed by atoms with Gasteiger partial charge in [-0.2, -0.15) is 13.2 Å². The second kappa shape index (κ2) is 7.70. The van der Waals surface area contributed by atoms with Crippen molar-refractivity contribution in [3.63, 3.8) is 0 Å². The number of ether oxygens (including phenoxy) is 1. The number of fused-ring (bicyclic) bond motifs is 1. The molecule has 0 unspecified atom stereocenters. The van der Waals surface area contributed by atoms with Crippen LogP contribution in [0.4, 0.5) is 13.2 Å². The van der Waals surface area contributed by atoms with Crippen LogP contribution in [0.2, 0.25) is 5.02 Å². The summed E-state index contributed by atoms with van der Waals surface area (Å²) in [4.78, 5) is 19.6. The molecule has 0 aliphatic carbocycles. The average Bonchev–Trinajstić information content (AvgIpc) is 2.63. The van der Waals surface area contributed by atoms with Crippen molar-refractivity contribution in [1.29, 1.82) is 0 Å². The first-order valence-electron chi connectivity index (χ1n) is 7.45. The van der Waals surface area contributed by atoms with Crippen molar-refractivity contribution in [2.45, 2.75) is 12.6 Å². The van der Waals surface area contributed by atoms with E-state index in [0.29, 0.717) is 5.02 Å². The van der Waals surface area contributed by atoms with Crippen LogP contribution < -0.4 is 4.74 Å². The van der Waals surface area contributed by atoms with E-state index in [-0.39, 0.29) is 34.8 Å². The molecule has 2 aromatic heterocycles. The van der Waals surface area contributed by atoms with E-state index in [4.69, 9.17) is 16.3 Å². The van der Waals surface area contributed by atoms with E-state index in [1.165, 1.54) is 37.9 Å². The third-order valence-electron chi connectivity index (χ3n) is 3.28. The topological polar surface area (TPSA) is 82.4 Å². The largest absolute Gasteiger partial charge is 0.451 e. The molecule has 0 radical (unpaired) electrons. The summed E-state index contributed by atoms with van der Waals surface area (Å²) in [5.74, 6) is -1.06. The first-order valence-corrected chi connectivity index (χ1v) is 7.83. The van der Waals surface area contributed by atoms with Gasteiger partial charge in [-0.3, -0.25) is 0 Å². The number of benzene rings is 1. The number of hydrogen-bond donors (Lipinski definition) is 0. The minimum Gasteiger partial charge on any atom is -0.424 e. The van der Waals surface area contributed by atoms with Crippen molar-refractivity contribution in [2.24, 2.45) is 5.16 Å². The number of aromatic nitrogens is 4. The minimum atomic E-state index is -4.70. The molecule has 0 saturated carbocycles. The molecular formula is C16H11ClF3N5O2. The Morgan fingerprint density at radius 2 is 1.93 bits per heavy atom. The lowest BCUT2D eigenvalue weighted by Gasteiger charge is -2.12. The van der Waals surface area contributed by atoms with Crippen molar-refractivity contribution in [3.8, 4) is 11.8 Å². The Morgan fingerprint density at radius 3 is 2.59 bits per heavy atom. The molecule has 11 heteroatoms. The van der Waals surface area contributed by atoms with Gasteiger partial charge in [0.2, 0.25) is 5.82 Å². The van der Waals surface area contributed by atoms with Gasteiger partial charge in [-0.25, -0.2) is 19.9 Å². The number of rotatable bonds is 5. The summed E-state index contributed by atoms with van der Waals surface area (Å²) < 4.78 is 45.0. The van der Waals surface area contributed by atoms with Crippen LogP contribution in [-0.2, 0) is 17.4 Å². The highest BCUT2D eigenvalue weighted by Crippen LogP contribution is 2.33. The molecule has 2 heterocycles. The third-order valence-corrected chi connectivity index (χ3v) is 3.47. The summed E-state index contributed by atoms with van der Waals surface area (Å²) in [5, 5.41) is 4.14. The van der Waals surface area contributed by atoms with Crippen LogP contribution in [0.25, 0.3) is 10.9 Å². The van der Waals surface area contributed by atoms with Gasteiger partial charge in [0, 0.05) is 12.6 Å². The molecule has 3 aromatic rings. The smallest absolute Gasteiger partial charge is 0.424 e. The van der Waals surface area contributed by atoms with Gasteiger partial charge in [0.25, 0.3) is 0 Å². The zero-order chi connectivity index (χ0) is 19.4. The molecule has 0 spiro atoms. The van der Waals surface area contributed by atoms with E-state index in [2.05, 4.69) is 29.9 Å². The van der Waals surface area contributed by atoms with Gasteiger partial charge in [-0.15, -0.1) is 0 Å². The molecule has 27 heavy (non-hydrogen) atoms. The fourth-order valence-corrected chi connectivity index (χ4v) is 2.33. The summed E-state index contributed by atoms with van der Waals surface area (Å²) >= 11 is 5.73. The lowest BCUT2D eigenvalue weighted by molar-refractivity contribution is -0.144. The van der Waals surface area contributed by atoms with E-state index in [0.717, 1.165) is 0 Å². The van der Waals surface area contributed by atoms with E-state index in [1.807, 2.05) is 0 Å². The molecular weight excluding hydrogens is 387 g/mol. The van der Waals surface area contributed by atoms with Crippen LogP contribution in [0, 0.1) is 0 Å². The van der Waals surface area contributed by atoms with Gasteiger partial charge in [-0.05, 0) is 12.1 Å². The molecule has 0 saturated heterocycles. The van der Waals surface area contributed by atoms with Crippen LogP contribution in [-0.4, -0.2) is 33.3 Å². The predicted molar refractivity (Wildman–Crippen MR) is 90.9 cm³/mol. The van der Waals surface area contributed by atoms with Crippen LogP contribution in [0.5, 0.6) is 11.8 Å². The van der Waals surface area contributed by atoms with Gasteiger partial charge < -0.3 is 9.57 Å². The second-order valence-electron chi connectivity index (χ2n) is 5.10. The summed E-state index contributed by atoms with van der Waals surface area (Å²) in [6.45, 7) is 0. The highest BCUT2D eigenvalue weighted by Gasteiger charge is 2.35. The first kappa shape index (κ1) is 18.8. The normalized spacial score (nSPS) is 11.9. The van der Waals surface area contributed by atoms with Crippen LogP contribution in [0.1, 0.15) is 11.5 Å². The lowest BCUT2D eigenvalue weighted by Crippen LogP contribution is -2.13. The van der Waals surface area contributed by atoms with E-state index < -0.39 is 12.0 Å². The molecule has 0 fully saturated rings. The van der Waals surface area contributed by atoms with Crippen molar-refractivity contribution >= 4 is 28.7 Å². The van der Waals surface area contributed by atoms with Gasteiger partial charge in [0.15, 0.2) is 0 Å². The summed E-state index contributed by atoms with van der Waals surface area (Å²) in [7, 11) is 1.32. The zero-order valence-corrected chi connectivity index (χ0v) is 14.5. The Balaban J connectivity index is 2.13. The lowest BCUT2D eigenvalue weighted by atomic mass is 10.1. The van der Waals surface area contributed by atoms with Crippen molar-refractivity contribution in [3.05, 3.63) is 47.1 Å². The van der Waals surface area contributed by atoms with E-state index >= 15 is 0 Å². The number of hydrogen-bond acceptors (Lipinski definition) is 7. The Bertz CT molecular complexity index is 980. The Kier molecular flexibility index (Phi) is 5.36. The van der Waals surface area contributed by atoms with Gasteiger partial charge in [0.1, 0.15) is 12.9 Å². The maximum absolute atomic E-state index is 13.1. The number of halogens is 4. The van der Waals surface area contributed by atoms with E-state index in [9.17, 15) is 13.2 Å². The molecule has 0 aliphatic rings. The fourth-order valence-electron chi connectivity index (χ4n) is 2.23. The fraction of sp³-hybridized carbons (Fsp3) is 0.188. The van der Waals surface area contributed by atoms with Crippen molar-refractivity contribution in [2.75, 3.05) is 7.11 Å². The monoisotopic (exact) mass is 397 g/mol. The van der Waals surface area contributed by atoms with Gasteiger partial charge >= 0.3 is 12.2 Å². The van der Waals surface area contributed by atoms with Crippen LogP contribution >= 0.6 is 11.6 Å². The highest BCUT2D eigenvalue weighted by atomic mass is 35.5. The van der Waals surface area contributed by atoms with Crippen molar-refractivity contribution < 1.29 is 22.7 Å².